The summed E-state index contributed by atoms with van der Waals surface area (Å²) in [6.07, 6.45) is 0. The summed E-state index contributed by atoms with van der Waals surface area (Å²) < 4.78 is 10.0. The van der Waals surface area contributed by atoms with E-state index in [0.717, 1.165) is 4.90 Å². The third kappa shape index (κ3) is 5.37. The van der Waals surface area contributed by atoms with Gasteiger partial charge in [0.05, 0.1) is 23.6 Å². The molecular weight excluding hydrogens is 382 g/mol. The lowest BCUT2D eigenvalue weighted by Crippen LogP contribution is -2.16. The predicted octanol–water partition coefficient (Wildman–Crippen LogP) is 2.26. The highest BCUT2D eigenvalue weighted by Crippen LogP contribution is 2.28. The molecule has 0 radical (unpaired) electrons. The second-order valence-electron chi connectivity index (χ2n) is 5.96. The molecule has 0 saturated carbocycles. The van der Waals surface area contributed by atoms with Crippen LogP contribution in [0.5, 0.6) is 0 Å². The fourth-order valence-electron chi connectivity index (χ4n) is 2.60. The lowest BCUT2D eigenvalue weighted by molar-refractivity contribution is -0.115. The first-order chi connectivity index (χ1) is 13.3. The lowest BCUT2D eigenvalue weighted by Gasteiger charge is -2.10. The molecular formula is C19H23N3O5S. The number of rotatable bonds is 9. The first-order valence-corrected chi connectivity index (χ1v) is 9.50. The number of benzene rings is 1. The van der Waals surface area contributed by atoms with Gasteiger partial charge in [-0.2, -0.15) is 0 Å². The van der Waals surface area contributed by atoms with Crippen molar-refractivity contribution >= 4 is 35.2 Å². The number of para-hydroxylation sites is 1. The topological polar surface area (TPSA) is 124 Å². The Morgan fingerprint density at radius 2 is 1.89 bits per heavy atom. The van der Waals surface area contributed by atoms with Crippen molar-refractivity contribution in [3.63, 3.8) is 0 Å². The van der Waals surface area contributed by atoms with E-state index in [9.17, 15) is 14.4 Å². The summed E-state index contributed by atoms with van der Waals surface area (Å²) in [5.74, 6) is -1.26. The lowest BCUT2D eigenvalue weighted by atomic mass is 10.1. The number of nitrogens with two attached hydrogens (primary N) is 1. The number of primary amides is 1. The number of aromatic amines is 1. The molecule has 2 rings (SSSR count). The zero-order valence-electron chi connectivity index (χ0n) is 16.0. The van der Waals surface area contributed by atoms with Crippen LogP contribution in [-0.4, -0.2) is 48.8 Å². The van der Waals surface area contributed by atoms with Crippen LogP contribution in [0.3, 0.4) is 0 Å². The van der Waals surface area contributed by atoms with Crippen LogP contribution < -0.4 is 11.1 Å². The third-order valence-electron chi connectivity index (χ3n) is 3.89. The zero-order valence-corrected chi connectivity index (χ0v) is 16.8. The molecule has 9 heteroatoms. The highest BCUT2D eigenvalue weighted by atomic mass is 32.2. The summed E-state index contributed by atoms with van der Waals surface area (Å²) in [5, 5.41) is 2.81. The molecule has 150 valence electrons. The molecule has 4 N–H and O–H groups in total. The van der Waals surface area contributed by atoms with Crippen molar-refractivity contribution in [2.75, 3.05) is 31.4 Å². The molecule has 28 heavy (non-hydrogen) atoms. The van der Waals surface area contributed by atoms with Crippen molar-refractivity contribution in [1.82, 2.24) is 4.98 Å². The van der Waals surface area contributed by atoms with Crippen LogP contribution in [-0.2, 0) is 14.3 Å². The first kappa shape index (κ1) is 21.5. The summed E-state index contributed by atoms with van der Waals surface area (Å²) in [7, 11) is 1.52. The SMILES string of the molecule is COCCOC(=O)c1c(C)[nH]c(C(=O)Nc2ccccc2SCC(N)=O)c1C. The van der Waals surface area contributed by atoms with Gasteiger partial charge in [0.25, 0.3) is 5.91 Å². The van der Waals surface area contributed by atoms with E-state index < -0.39 is 17.8 Å². The molecule has 2 aromatic rings. The van der Waals surface area contributed by atoms with Gasteiger partial charge < -0.3 is 25.5 Å². The standard InChI is InChI=1S/C19H23N3O5S/c1-11-16(19(25)27-9-8-26-3)12(2)21-17(11)18(24)22-13-6-4-5-7-14(13)28-10-15(20)23/h4-7,21H,8-10H2,1-3H3,(H2,20,23)(H,22,24). The number of aryl methyl sites for hydroxylation is 1. The number of carbonyl (C=O) groups is 3. The van der Waals surface area contributed by atoms with E-state index in [1.807, 2.05) is 0 Å². The van der Waals surface area contributed by atoms with Crippen LogP contribution >= 0.6 is 11.8 Å². The van der Waals surface area contributed by atoms with Crippen molar-refractivity contribution in [3.8, 4) is 0 Å². The molecule has 0 saturated heterocycles. The highest BCUT2D eigenvalue weighted by Gasteiger charge is 2.23. The predicted molar refractivity (Wildman–Crippen MR) is 107 cm³/mol. The van der Waals surface area contributed by atoms with E-state index in [1.54, 1.807) is 38.1 Å². The van der Waals surface area contributed by atoms with E-state index in [1.165, 1.54) is 18.9 Å². The van der Waals surface area contributed by atoms with Crippen LogP contribution in [0.15, 0.2) is 29.2 Å². The minimum atomic E-state index is -0.514. The Hall–Kier alpha value is -2.78. The molecule has 0 unspecified atom stereocenters. The maximum atomic E-state index is 12.8. The molecule has 0 aliphatic rings. The van der Waals surface area contributed by atoms with Gasteiger partial charge in [-0.15, -0.1) is 11.8 Å². The number of thioether (sulfide) groups is 1. The molecule has 1 heterocycles. The molecule has 0 aliphatic carbocycles. The van der Waals surface area contributed by atoms with Gasteiger partial charge in [-0.3, -0.25) is 9.59 Å². The molecule has 0 fully saturated rings. The number of anilines is 1. The fourth-order valence-corrected chi connectivity index (χ4v) is 3.35. The van der Waals surface area contributed by atoms with Crippen molar-refractivity contribution in [2.24, 2.45) is 5.73 Å². The average molecular weight is 405 g/mol. The first-order valence-electron chi connectivity index (χ1n) is 8.51. The monoisotopic (exact) mass is 405 g/mol. The van der Waals surface area contributed by atoms with Crippen LogP contribution in [0.1, 0.15) is 32.1 Å². The number of nitrogens with one attached hydrogen (secondary N) is 2. The number of hydrogen-bond donors (Lipinski definition) is 3. The average Bonchev–Trinajstić information content (AvgIpc) is 2.95. The molecule has 1 aromatic heterocycles. The summed E-state index contributed by atoms with van der Waals surface area (Å²) in [6, 6.07) is 7.09. The van der Waals surface area contributed by atoms with Gasteiger partial charge in [0.2, 0.25) is 5.91 Å². The van der Waals surface area contributed by atoms with Gasteiger partial charge in [-0.1, -0.05) is 12.1 Å². The van der Waals surface area contributed by atoms with Gasteiger partial charge in [0, 0.05) is 17.7 Å². The molecule has 0 aliphatic heterocycles. The smallest absolute Gasteiger partial charge is 0.340 e. The van der Waals surface area contributed by atoms with Gasteiger partial charge in [0.1, 0.15) is 12.3 Å². The number of aromatic nitrogens is 1. The van der Waals surface area contributed by atoms with Gasteiger partial charge in [0.15, 0.2) is 0 Å². The largest absolute Gasteiger partial charge is 0.460 e. The van der Waals surface area contributed by atoms with E-state index in [-0.39, 0.29) is 18.1 Å². The number of amides is 2. The minimum Gasteiger partial charge on any atom is -0.460 e. The summed E-state index contributed by atoms with van der Waals surface area (Å²) in [6.45, 7) is 3.80. The van der Waals surface area contributed by atoms with Crippen LogP contribution in [0.2, 0.25) is 0 Å². The Balaban J connectivity index is 2.19. The van der Waals surface area contributed by atoms with Crippen LogP contribution in [0.4, 0.5) is 5.69 Å². The number of esters is 1. The Morgan fingerprint density at radius 3 is 2.57 bits per heavy atom. The van der Waals surface area contributed by atoms with Crippen LogP contribution in [0, 0.1) is 13.8 Å². The van der Waals surface area contributed by atoms with Crippen LogP contribution in [0.25, 0.3) is 0 Å². The van der Waals surface area contributed by atoms with Gasteiger partial charge in [-0.25, -0.2) is 4.79 Å². The number of carbonyl (C=O) groups excluding carboxylic acids is 3. The Morgan fingerprint density at radius 1 is 1.18 bits per heavy atom. The number of hydrogen-bond acceptors (Lipinski definition) is 6. The highest BCUT2D eigenvalue weighted by molar-refractivity contribution is 8.00. The summed E-state index contributed by atoms with van der Waals surface area (Å²) in [4.78, 5) is 39.7. The van der Waals surface area contributed by atoms with Gasteiger partial charge >= 0.3 is 5.97 Å². The Kier molecular flexibility index (Phi) is 7.65. The van der Waals surface area contributed by atoms with E-state index in [0.29, 0.717) is 29.1 Å². The molecule has 1 aromatic carbocycles. The van der Waals surface area contributed by atoms with Gasteiger partial charge in [-0.05, 0) is 31.5 Å². The number of H-pyrrole nitrogens is 1. The quantitative estimate of drug-likeness (QED) is 0.334. The fraction of sp³-hybridized carbons (Fsp3) is 0.316. The Bertz CT molecular complexity index is 878. The number of ether oxygens (including phenoxy) is 2. The normalized spacial score (nSPS) is 10.5. The molecule has 8 nitrogen and oxygen atoms in total. The van der Waals surface area contributed by atoms with E-state index in [4.69, 9.17) is 15.2 Å². The third-order valence-corrected chi connectivity index (χ3v) is 4.99. The second-order valence-corrected chi connectivity index (χ2v) is 6.98. The number of methoxy groups -OCH3 is 1. The zero-order chi connectivity index (χ0) is 20.7. The second kappa shape index (κ2) is 9.95. The molecule has 0 spiro atoms. The summed E-state index contributed by atoms with van der Waals surface area (Å²) in [5.41, 5.74) is 7.38. The summed E-state index contributed by atoms with van der Waals surface area (Å²) >= 11 is 1.24. The van der Waals surface area contributed by atoms with Crippen molar-refractivity contribution in [3.05, 3.63) is 46.8 Å². The van der Waals surface area contributed by atoms with Crippen molar-refractivity contribution < 1.29 is 23.9 Å². The maximum absolute atomic E-state index is 12.8. The molecule has 0 bridgehead atoms. The molecule has 0 atom stereocenters. The molecule has 2 amide bonds. The van der Waals surface area contributed by atoms with Crippen molar-refractivity contribution in [1.29, 1.82) is 0 Å². The maximum Gasteiger partial charge on any atom is 0.340 e. The van der Waals surface area contributed by atoms with E-state index >= 15 is 0 Å². The van der Waals surface area contributed by atoms with E-state index in [2.05, 4.69) is 10.3 Å². The Labute approximate surface area is 167 Å². The minimum absolute atomic E-state index is 0.102. The van der Waals surface area contributed by atoms with Crippen molar-refractivity contribution in [2.45, 2.75) is 18.7 Å².